The third kappa shape index (κ3) is 4.07. The molecular formula is C13H22N4. The smallest absolute Gasteiger partial charge is 0.0416 e. The predicted molar refractivity (Wildman–Crippen MR) is 70.1 cm³/mol. The quantitative estimate of drug-likeness (QED) is 0.710. The second kappa shape index (κ2) is 6.69. The Morgan fingerprint density at radius 1 is 1.53 bits per heavy atom. The largest absolute Gasteiger partial charge is 0.315 e. The average molecular weight is 234 g/mol. The number of hydrogen-bond donors (Lipinski definition) is 2. The number of nitrogens with one attached hydrogen (secondary N) is 2. The fourth-order valence-corrected chi connectivity index (χ4v) is 2.12. The minimum Gasteiger partial charge on any atom is -0.315 e. The third-order valence-corrected chi connectivity index (χ3v) is 3.31. The van der Waals surface area contributed by atoms with Gasteiger partial charge in [-0.05, 0) is 19.2 Å². The molecule has 1 fully saturated rings. The monoisotopic (exact) mass is 234 g/mol. The molecule has 0 spiro atoms. The Balaban J connectivity index is 1.63. The second-order valence-corrected chi connectivity index (χ2v) is 4.61. The molecule has 94 valence electrons. The lowest BCUT2D eigenvalue weighted by Gasteiger charge is -2.33. The molecule has 2 heterocycles. The molecule has 1 saturated heterocycles. The van der Waals surface area contributed by atoms with Gasteiger partial charge in [-0.3, -0.25) is 9.88 Å². The number of hydrogen-bond acceptors (Lipinski definition) is 4. The molecular weight excluding hydrogens is 212 g/mol. The summed E-state index contributed by atoms with van der Waals surface area (Å²) in [6, 6.07) is 6.70. The van der Waals surface area contributed by atoms with Gasteiger partial charge in [-0.1, -0.05) is 6.07 Å². The highest BCUT2D eigenvalue weighted by Crippen LogP contribution is 1.98. The van der Waals surface area contributed by atoms with Crippen molar-refractivity contribution in [1.82, 2.24) is 20.5 Å². The summed E-state index contributed by atoms with van der Waals surface area (Å²) in [5.74, 6) is 0. The molecule has 0 saturated carbocycles. The first kappa shape index (κ1) is 12.5. The van der Waals surface area contributed by atoms with E-state index in [0.29, 0.717) is 6.04 Å². The molecule has 4 heteroatoms. The Kier molecular flexibility index (Phi) is 4.91. The van der Waals surface area contributed by atoms with Crippen LogP contribution in [-0.2, 0) is 6.42 Å². The zero-order chi connectivity index (χ0) is 11.9. The van der Waals surface area contributed by atoms with Crippen molar-refractivity contribution in [1.29, 1.82) is 0 Å². The van der Waals surface area contributed by atoms with Gasteiger partial charge in [-0.15, -0.1) is 0 Å². The van der Waals surface area contributed by atoms with Crippen LogP contribution in [0.2, 0.25) is 0 Å². The first-order valence-electron chi connectivity index (χ1n) is 6.38. The summed E-state index contributed by atoms with van der Waals surface area (Å²) in [5.41, 5.74) is 1.16. The van der Waals surface area contributed by atoms with Gasteiger partial charge in [0.1, 0.15) is 0 Å². The van der Waals surface area contributed by atoms with E-state index in [1.807, 2.05) is 18.3 Å². The highest BCUT2D eigenvalue weighted by atomic mass is 15.2. The van der Waals surface area contributed by atoms with E-state index in [1.165, 1.54) is 0 Å². The van der Waals surface area contributed by atoms with Gasteiger partial charge in [-0.25, -0.2) is 0 Å². The fraction of sp³-hybridized carbons (Fsp3) is 0.615. The van der Waals surface area contributed by atoms with Crippen LogP contribution in [0.3, 0.4) is 0 Å². The van der Waals surface area contributed by atoms with Crippen molar-refractivity contribution in [2.24, 2.45) is 0 Å². The van der Waals surface area contributed by atoms with E-state index in [4.69, 9.17) is 0 Å². The standard InChI is InChI=1S/C13H22N4/c1-17-9-8-15-11-13(17)10-14-7-5-12-4-2-3-6-16-12/h2-4,6,13-15H,5,7-11H2,1H3. The van der Waals surface area contributed by atoms with E-state index in [1.54, 1.807) is 0 Å². The van der Waals surface area contributed by atoms with Gasteiger partial charge < -0.3 is 10.6 Å². The van der Waals surface area contributed by atoms with Crippen LogP contribution < -0.4 is 10.6 Å². The average Bonchev–Trinajstić information content (AvgIpc) is 2.38. The van der Waals surface area contributed by atoms with E-state index in [2.05, 4.69) is 33.6 Å². The summed E-state index contributed by atoms with van der Waals surface area (Å²) in [4.78, 5) is 6.74. The number of aromatic nitrogens is 1. The summed E-state index contributed by atoms with van der Waals surface area (Å²) >= 11 is 0. The number of piperazine rings is 1. The molecule has 1 aromatic rings. The van der Waals surface area contributed by atoms with E-state index < -0.39 is 0 Å². The van der Waals surface area contributed by atoms with Gasteiger partial charge in [0, 0.05) is 57.1 Å². The molecule has 1 aliphatic rings. The van der Waals surface area contributed by atoms with Crippen molar-refractivity contribution in [3.05, 3.63) is 30.1 Å². The maximum Gasteiger partial charge on any atom is 0.0416 e. The Morgan fingerprint density at radius 3 is 3.24 bits per heavy atom. The SMILES string of the molecule is CN1CCNCC1CNCCc1ccccn1. The number of likely N-dealkylation sites (N-methyl/N-ethyl adjacent to an activating group) is 1. The summed E-state index contributed by atoms with van der Waals surface area (Å²) in [5, 5.41) is 6.94. The highest BCUT2D eigenvalue weighted by Gasteiger charge is 2.17. The van der Waals surface area contributed by atoms with Gasteiger partial charge >= 0.3 is 0 Å². The van der Waals surface area contributed by atoms with Gasteiger partial charge in [0.2, 0.25) is 0 Å². The first-order valence-corrected chi connectivity index (χ1v) is 6.38. The van der Waals surface area contributed by atoms with Crippen LogP contribution in [0.15, 0.2) is 24.4 Å². The number of nitrogens with zero attached hydrogens (tertiary/aromatic N) is 2. The highest BCUT2D eigenvalue weighted by molar-refractivity contribution is 5.03. The topological polar surface area (TPSA) is 40.2 Å². The minimum absolute atomic E-state index is 0.618. The van der Waals surface area contributed by atoms with Crippen LogP contribution >= 0.6 is 0 Å². The molecule has 0 aliphatic carbocycles. The summed E-state index contributed by atoms with van der Waals surface area (Å²) < 4.78 is 0. The normalized spacial score (nSPS) is 21.6. The van der Waals surface area contributed by atoms with Crippen molar-refractivity contribution in [2.45, 2.75) is 12.5 Å². The Morgan fingerprint density at radius 2 is 2.47 bits per heavy atom. The van der Waals surface area contributed by atoms with Crippen molar-refractivity contribution in [2.75, 3.05) is 39.8 Å². The molecule has 2 N–H and O–H groups in total. The maximum absolute atomic E-state index is 4.32. The van der Waals surface area contributed by atoms with Crippen LogP contribution in [0, 0.1) is 0 Å². The Bertz CT molecular complexity index is 314. The van der Waals surface area contributed by atoms with Crippen LogP contribution in [0.1, 0.15) is 5.69 Å². The second-order valence-electron chi connectivity index (χ2n) is 4.61. The zero-order valence-electron chi connectivity index (χ0n) is 10.5. The molecule has 1 atom stereocenters. The predicted octanol–water partition coefficient (Wildman–Crippen LogP) is 0.117. The summed E-state index contributed by atoms with van der Waals surface area (Å²) in [6.07, 6.45) is 2.86. The lowest BCUT2D eigenvalue weighted by molar-refractivity contribution is 0.196. The Labute approximate surface area is 103 Å². The fourth-order valence-electron chi connectivity index (χ4n) is 2.12. The van der Waals surface area contributed by atoms with Gasteiger partial charge in [0.25, 0.3) is 0 Å². The van der Waals surface area contributed by atoms with E-state index >= 15 is 0 Å². The van der Waals surface area contributed by atoms with Crippen molar-refractivity contribution in [3.8, 4) is 0 Å². The number of pyridine rings is 1. The summed E-state index contributed by atoms with van der Waals surface area (Å²) in [6.45, 7) is 5.40. The van der Waals surface area contributed by atoms with Gasteiger partial charge in [0.05, 0.1) is 0 Å². The molecule has 4 nitrogen and oxygen atoms in total. The van der Waals surface area contributed by atoms with Crippen LogP contribution in [0.25, 0.3) is 0 Å². The zero-order valence-corrected chi connectivity index (χ0v) is 10.5. The van der Waals surface area contributed by atoms with Gasteiger partial charge in [0.15, 0.2) is 0 Å². The van der Waals surface area contributed by atoms with Crippen LogP contribution in [0.5, 0.6) is 0 Å². The van der Waals surface area contributed by atoms with Crippen LogP contribution in [-0.4, -0.2) is 55.7 Å². The molecule has 0 amide bonds. The van der Waals surface area contributed by atoms with Crippen molar-refractivity contribution < 1.29 is 0 Å². The first-order chi connectivity index (χ1) is 8.36. The van der Waals surface area contributed by atoms with E-state index in [-0.39, 0.29) is 0 Å². The molecule has 0 aromatic carbocycles. The van der Waals surface area contributed by atoms with E-state index in [0.717, 1.165) is 44.8 Å². The van der Waals surface area contributed by atoms with E-state index in [9.17, 15) is 0 Å². The molecule has 17 heavy (non-hydrogen) atoms. The maximum atomic E-state index is 4.32. The molecule has 1 aliphatic heterocycles. The molecule has 2 rings (SSSR count). The molecule has 1 unspecified atom stereocenters. The van der Waals surface area contributed by atoms with Crippen molar-refractivity contribution in [3.63, 3.8) is 0 Å². The Hall–Kier alpha value is -0.970. The summed E-state index contributed by atoms with van der Waals surface area (Å²) in [7, 11) is 2.20. The molecule has 0 bridgehead atoms. The van der Waals surface area contributed by atoms with Crippen molar-refractivity contribution >= 4 is 0 Å². The third-order valence-electron chi connectivity index (χ3n) is 3.31. The van der Waals surface area contributed by atoms with Crippen LogP contribution in [0.4, 0.5) is 0 Å². The van der Waals surface area contributed by atoms with Gasteiger partial charge in [-0.2, -0.15) is 0 Å². The molecule has 1 aromatic heterocycles. The number of rotatable bonds is 5. The lowest BCUT2D eigenvalue weighted by Crippen LogP contribution is -2.53. The molecule has 0 radical (unpaired) electrons. The lowest BCUT2D eigenvalue weighted by atomic mass is 10.2. The minimum atomic E-state index is 0.618.